The molecule has 0 spiro atoms. The van der Waals surface area contributed by atoms with Crippen LogP contribution in [0.5, 0.6) is 0 Å². The van der Waals surface area contributed by atoms with Crippen LogP contribution in [0.3, 0.4) is 0 Å². The van der Waals surface area contributed by atoms with Crippen molar-refractivity contribution in [1.82, 2.24) is 4.90 Å². The van der Waals surface area contributed by atoms with Gasteiger partial charge in [0.25, 0.3) is 0 Å². The van der Waals surface area contributed by atoms with Crippen LogP contribution in [0.2, 0.25) is 0 Å². The molecule has 5 heterocycles. The van der Waals surface area contributed by atoms with Crippen molar-refractivity contribution in [3.05, 3.63) is 0 Å². The van der Waals surface area contributed by atoms with E-state index >= 15 is 0 Å². The summed E-state index contributed by atoms with van der Waals surface area (Å²) in [6.07, 6.45) is -50.9. The molecule has 0 saturated carbocycles. The SMILES string of the molecule is CN(CCC(O)C(O)C(O)COC1OC(COC2OC(COC3OC(COC4OC(COC5OC(CO)C(O)C(O)C5O)C(O)C(O)C4O)C(O)C(O)C3O)C(O)C(O)C2O)C(O)C(O)C1O)CC(=O)O. The number of aliphatic hydroxyl groups is 19. The Balaban J connectivity index is 1.12. The van der Waals surface area contributed by atoms with E-state index in [2.05, 4.69) is 0 Å². The Morgan fingerprint density at radius 1 is 0.437 bits per heavy atom. The van der Waals surface area contributed by atoms with Crippen molar-refractivity contribution in [2.45, 2.75) is 178 Å². The minimum Gasteiger partial charge on any atom is -0.480 e. The fourth-order valence-electron chi connectivity index (χ4n) is 8.11. The van der Waals surface area contributed by atoms with Crippen molar-refractivity contribution >= 4 is 5.97 Å². The number of hydrogen-bond donors (Lipinski definition) is 20. The Morgan fingerprint density at radius 3 is 1.01 bits per heavy atom. The van der Waals surface area contributed by atoms with Crippen LogP contribution >= 0.6 is 0 Å². The zero-order valence-electron chi connectivity index (χ0n) is 37.9. The van der Waals surface area contributed by atoms with Crippen molar-refractivity contribution in [3.63, 3.8) is 0 Å². The van der Waals surface area contributed by atoms with Crippen LogP contribution in [0.15, 0.2) is 0 Å². The summed E-state index contributed by atoms with van der Waals surface area (Å²) in [7, 11) is 1.45. The van der Waals surface area contributed by atoms with Gasteiger partial charge in [0.15, 0.2) is 31.5 Å². The molecule has 5 rings (SSSR count). The standard InChI is InChI=1S/C39H69NO31/c1-40(4-18(44)45)3-2-11(42)19(46)12(43)6-62-35-31(58)26(53)21(48)14(68-35)8-64-37-33(60)28(55)23(50)16(70-37)10-66-39-34(61)29(56)24(51)17(71-39)9-65-38-32(59)27(54)22(49)15(69-38)7-63-36-30(57)25(52)20(47)13(5-41)67-36/h11-17,19-39,41-43,46-61H,2-10H2,1H3,(H,44,45). The maximum atomic E-state index is 10.9. The van der Waals surface area contributed by atoms with Crippen molar-refractivity contribution in [1.29, 1.82) is 0 Å². The van der Waals surface area contributed by atoms with Gasteiger partial charge >= 0.3 is 5.97 Å². The monoisotopic (exact) mass is 1050 g/mol. The largest absolute Gasteiger partial charge is 0.480 e. The third kappa shape index (κ3) is 14.8. The van der Waals surface area contributed by atoms with Gasteiger partial charge in [-0.2, -0.15) is 0 Å². The Morgan fingerprint density at radius 2 is 0.718 bits per heavy atom. The first-order chi connectivity index (χ1) is 33.4. The van der Waals surface area contributed by atoms with Gasteiger partial charge in [0.05, 0.1) is 52.3 Å². The molecule has 71 heavy (non-hydrogen) atoms. The van der Waals surface area contributed by atoms with Crippen LogP contribution < -0.4 is 0 Å². The third-order valence-electron chi connectivity index (χ3n) is 12.7. The predicted molar refractivity (Wildman–Crippen MR) is 218 cm³/mol. The highest BCUT2D eigenvalue weighted by Crippen LogP contribution is 2.31. The maximum Gasteiger partial charge on any atom is 0.317 e. The van der Waals surface area contributed by atoms with E-state index in [1.165, 1.54) is 11.9 Å². The molecule has 0 radical (unpaired) electrons. The smallest absolute Gasteiger partial charge is 0.317 e. The summed E-state index contributed by atoms with van der Waals surface area (Å²) in [6.45, 7) is -4.98. The first-order valence-electron chi connectivity index (χ1n) is 22.5. The lowest BCUT2D eigenvalue weighted by atomic mass is 9.97. The molecule has 0 amide bonds. The second-order valence-electron chi connectivity index (χ2n) is 18.0. The molecule has 0 aromatic rings. The normalized spacial score (nSPS) is 45.9. The molecule has 5 aliphatic rings. The molecule has 5 aliphatic heterocycles. The summed E-state index contributed by atoms with van der Waals surface area (Å²) in [5.41, 5.74) is 0. The van der Waals surface area contributed by atoms with Crippen molar-refractivity contribution < 1.29 is 154 Å². The van der Waals surface area contributed by atoms with E-state index in [-0.39, 0.29) is 19.5 Å². The van der Waals surface area contributed by atoms with Gasteiger partial charge in [-0.15, -0.1) is 0 Å². The number of carboxylic acids is 1. The van der Waals surface area contributed by atoms with Gasteiger partial charge in [-0.25, -0.2) is 0 Å². The van der Waals surface area contributed by atoms with E-state index < -0.39 is 217 Å². The van der Waals surface area contributed by atoms with Crippen LogP contribution in [0.25, 0.3) is 0 Å². The summed E-state index contributed by atoms with van der Waals surface area (Å²) in [5, 5.41) is 207. The van der Waals surface area contributed by atoms with E-state index in [1.807, 2.05) is 0 Å². The van der Waals surface area contributed by atoms with E-state index in [0.29, 0.717) is 0 Å². The Labute approximate surface area is 403 Å². The average Bonchev–Trinajstić information content (AvgIpc) is 3.34. The molecule has 32 heteroatoms. The van der Waals surface area contributed by atoms with E-state index in [1.54, 1.807) is 0 Å². The Kier molecular flexibility index (Phi) is 22.7. The fraction of sp³-hybridized carbons (Fsp3) is 0.974. The van der Waals surface area contributed by atoms with Gasteiger partial charge in [-0.3, -0.25) is 9.69 Å². The molecular weight excluding hydrogens is 978 g/mol. The van der Waals surface area contributed by atoms with Gasteiger partial charge in [-0.05, 0) is 13.5 Å². The molecule has 5 saturated heterocycles. The molecule has 28 atom stereocenters. The lowest BCUT2D eigenvalue weighted by Gasteiger charge is -2.44. The second-order valence-corrected chi connectivity index (χ2v) is 18.0. The van der Waals surface area contributed by atoms with Crippen LogP contribution in [-0.4, -0.2) is 345 Å². The lowest BCUT2D eigenvalue weighted by molar-refractivity contribution is -0.351. The van der Waals surface area contributed by atoms with Gasteiger partial charge < -0.3 is 149 Å². The molecule has 0 aromatic carbocycles. The maximum absolute atomic E-state index is 10.9. The highest BCUT2D eigenvalue weighted by molar-refractivity contribution is 5.69. The highest BCUT2D eigenvalue weighted by Gasteiger charge is 2.52. The van der Waals surface area contributed by atoms with Crippen molar-refractivity contribution in [2.75, 3.05) is 59.8 Å². The first kappa shape index (κ1) is 60.1. The topological polar surface area (TPSA) is 517 Å². The molecule has 28 unspecified atom stereocenters. The van der Waals surface area contributed by atoms with Crippen molar-refractivity contribution in [3.8, 4) is 0 Å². The van der Waals surface area contributed by atoms with Gasteiger partial charge in [0, 0.05) is 6.54 Å². The molecule has 5 fully saturated rings. The van der Waals surface area contributed by atoms with Crippen molar-refractivity contribution in [2.24, 2.45) is 0 Å². The highest BCUT2D eigenvalue weighted by atomic mass is 16.8. The van der Waals surface area contributed by atoms with Gasteiger partial charge in [0.2, 0.25) is 0 Å². The zero-order valence-corrected chi connectivity index (χ0v) is 37.9. The third-order valence-corrected chi connectivity index (χ3v) is 12.7. The lowest BCUT2D eigenvalue weighted by Crippen LogP contribution is -2.63. The van der Waals surface area contributed by atoms with Crippen LogP contribution in [0.4, 0.5) is 0 Å². The first-order valence-corrected chi connectivity index (χ1v) is 22.5. The average molecular weight is 1050 g/mol. The summed E-state index contributed by atoms with van der Waals surface area (Å²) in [6, 6.07) is 0. The fourth-order valence-corrected chi connectivity index (χ4v) is 8.11. The summed E-state index contributed by atoms with van der Waals surface area (Å²) in [5.74, 6) is -1.13. The quantitative estimate of drug-likeness (QED) is 0.0452. The number of rotatable bonds is 23. The molecule has 0 bridgehead atoms. The summed E-state index contributed by atoms with van der Waals surface area (Å²) < 4.78 is 54.7. The number of carboxylic acid groups (broad SMARTS) is 1. The summed E-state index contributed by atoms with van der Waals surface area (Å²) >= 11 is 0. The minimum absolute atomic E-state index is 0.0256. The number of carbonyl (C=O) groups is 1. The minimum atomic E-state index is -2.02. The zero-order chi connectivity index (χ0) is 52.8. The number of ether oxygens (including phenoxy) is 10. The van der Waals surface area contributed by atoms with Crippen LogP contribution in [0.1, 0.15) is 6.42 Å². The van der Waals surface area contributed by atoms with E-state index in [9.17, 15) is 102 Å². The van der Waals surface area contributed by atoms with Gasteiger partial charge in [-0.1, -0.05) is 0 Å². The molecule has 32 nitrogen and oxygen atoms in total. The molecule has 20 N–H and O–H groups in total. The second kappa shape index (κ2) is 26.8. The van der Waals surface area contributed by atoms with Crippen LogP contribution in [0, 0.1) is 0 Å². The number of aliphatic hydroxyl groups excluding tert-OH is 19. The number of nitrogens with zero attached hydrogens (tertiary/aromatic N) is 1. The van der Waals surface area contributed by atoms with E-state index in [0.717, 1.165) is 0 Å². The molecule has 416 valence electrons. The Hall–Kier alpha value is -1.73. The molecule has 0 aromatic heterocycles. The molecular formula is C39H69NO31. The van der Waals surface area contributed by atoms with Crippen LogP contribution in [-0.2, 0) is 52.2 Å². The summed E-state index contributed by atoms with van der Waals surface area (Å²) in [4.78, 5) is 12.2. The van der Waals surface area contributed by atoms with E-state index in [4.69, 9.17) is 52.5 Å². The number of aliphatic carboxylic acids is 1. The van der Waals surface area contributed by atoms with Gasteiger partial charge in [0.1, 0.15) is 134 Å². The molecule has 0 aliphatic carbocycles. The Bertz CT molecular complexity index is 1600. The number of hydrogen-bond acceptors (Lipinski definition) is 31. The number of likely N-dealkylation sites (N-methyl/N-ethyl adjacent to an activating group) is 1. The predicted octanol–water partition coefficient (Wildman–Crippen LogP) is -13.4.